The molecule has 0 unspecified atom stereocenters. The molecule has 0 aliphatic heterocycles. The Morgan fingerprint density at radius 1 is 0.913 bits per heavy atom. The smallest absolute Gasteiger partial charge is 0.233 e. The molecule has 0 aliphatic carbocycles. The van der Waals surface area contributed by atoms with Gasteiger partial charge in [0.1, 0.15) is 6.42 Å². The van der Waals surface area contributed by atoms with Crippen molar-refractivity contribution in [2.24, 2.45) is 0 Å². The molecule has 0 atom stereocenters. The molecule has 23 heavy (non-hydrogen) atoms. The molecule has 2 N–H and O–H groups in total. The molecule has 120 valence electrons. The number of benzene rings is 2. The number of carbonyl (C=O) groups excluding carboxylic acids is 2. The highest BCUT2D eigenvalue weighted by Gasteiger charge is 2.13. The lowest BCUT2D eigenvalue weighted by atomic mass is 10.0. The summed E-state index contributed by atoms with van der Waals surface area (Å²) in [6.45, 7) is 4.10. The molecule has 5 heteroatoms. The fraction of sp³-hybridized carbons (Fsp3) is 0.222. The number of anilines is 2. The van der Waals surface area contributed by atoms with Crippen LogP contribution in [0.5, 0.6) is 0 Å². The standard InChI is InChI=1S/C18H19ClN2O2/c1-12(2)13-7-3-5-9-15(13)20-17(22)11-18(23)21-16-10-6-4-8-14(16)19/h3-10,12H,11H2,1-2H3,(H,20,22)(H,21,23). The Kier molecular flexibility index (Phi) is 5.77. The van der Waals surface area contributed by atoms with Crippen LogP contribution in [0.1, 0.15) is 31.7 Å². The van der Waals surface area contributed by atoms with Gasteiger partial charge in [0.2, 0.25) is 11.8 Å². The molecule has 2 aromatic rings. The molecule has 2 amide bonds. The van der Waals surface area contributed by atoms with Crippen molar-refractivity contribution in [3.05, 3.63) is 59.1 Å². The van der Waals surface area contributed by atoms with Crippen LogP contribution in [-0.2, 0) is 9.59 Å². The van der Waals surface area contributed by atoms with E-state index in [9.17, 15) is 9.59 Å². The molecule has 0 aliphatic rings. The maximum Gasteiger partial charge on any atom is 0.233 e. The summed E-state index contributed by atoms with van der Waals surface area (Å²) in [6.07, 6.45) is -0.266. The lowest BCUT2D eigenvalue weighted by Crippen LogP contribution is -2.22. The summed E-state index contributed by atoms with van der Waals surface area (Å²) in [5, 5.41) is 5.86. The van der Waals surface area contributed by atoms with Gasteiger partial charge in [0.25, 0.3) is 0 Å². The topological polar surface area (TPSA) is 58.2 Å². The van der Waals surface area contributed by atoms with Crippen LogP contribution >= 0.6 is 11.6 Å². The average Bonchev–Trinajstić information content (AvgIpc) is 2.49. The molecule has 0 heterocycles. The lowest BCUT2D eigenvalue weighted by molar-refractivity contribution is -0.123. The second kappa shape index (κ2) is 7.79. The van der Waals surface area contributed by atoms with Crippen molar-refractivity contribution in [2.75, 3.05) is 10.6 Å². The Hall–Kier alpha value is -2.33. The molecule has 2 rings (SSSR count). The van der Waals surface area contributed by atoms with Gasteiger partial charge in [-0.05, 0) is 29.7 Å². The zero-order chi connectivity index (χ0) is 16.8. The summed E-state index contributed by atoms with van der Waals surface area (Å²) in [5.41, 5.74) is 2.26. The van der Waals surface area contributed by atoms with E-state index in [1.807, 2.05) is 24.3 Å². The fourth-order valence-electron chi connectivity index (χ4n) is 2.21. The normalized spacial score (nSPS) is 10.4. The Balaban J connectivity index is 1.97. The minimum Gasteiger partial charge on any atom is -0.325 e. The number of hydrogen-bond acceptors (Lipinski definition) is 2. The van der Waals surface area contributed by atoms with Crippen molar-refractivity contribution in [3.8, 4) is 0 Å². The first-order valence-corrected chi connectivity index (χ1v) is 7.78. The largest absolute Gasteiger partial charge is 0.325 e. The van der Waals surface area contributed by atoms with Crippen molar-refractivity contribution in [1.82, 2.24) is 0 Å². The zero-order valence-electron chi connectivity index (χ0n) is 13.1. The third-order valence-corrected chi connectivity index (χ3v) is 3.66. The van der Waals surface area contributed by atoms with Crippen LogP contribution in [0, 0.1) is 0 Å². The van der Waals surface area contributed by atoms with Crippen LogP contribution in [0.4, 0.5) is 11.4 Å². The van der Waals surface area contributed by atoms with Crippen LogP contribution in [-0.4, -0.2) is 11.8 Å². The van der Waals surface area contributed by atoms with Gasteiger partial charge in [-0.2, -0.15) is 0 Å². The molecular weight excluding hydrogens is 312 g/mol. The Labute approximate surface area is 140 Å². The number of amides is 2. The van der Waals surface area contributed by atoms with Gasteiger partial charge in [-0.25, -0.2) is 0 Å². The minimum atomic E-state index is -0.405. The van der Waals surface area contributed by atoms with Gasteiger partial charge in [-0.3, -0.25) is 9.59 Å². The van der Waals surface area contributed by atoms with E-state index in [0.717, 1.165) is 11.3 Å². The minimum absolute atomic E-state index is 0.266. The molecular formula is C18H19ClN2O2. The van der Waals surface area contributed by atoms with Crippen molar-refractivity contribution in [2.45, 2.75) is 26.2 Å². The van der Waals surface area contributed by atoms with Crippen LogP contribution in [0.2, 0.25) is 5.02 Å². The van der Waals surface area contributed by atoms with E-state index in [1.54, 1.807) is 24.3 Å². The van der Waals surface area contributed by atoms with Crippen LogP contribution in [0.3, 0.4) is 0 Å². The van der Waals surface area contributed by atoms with E-state index in [-0.39, 0.29) is 18.2 Å². The Morgan fingerprint density at radius 2 is 1.43 bits per heavy atom. The number of hydrogen-bond donors (Lipinski definition) is 2. The zero-order valence-corrected chi connectivity index (χ0v) is 13.9. The molecule has 0 aromatic heterocycles. The predicted octanol–water partition coefficient (Wildman–Crippen LogP) is 4.43. The number of halogens is 1. The monoisotopic (exact) mass is 330 g/mol. The van der Waals surface area contributed by atoms with Gasteiger partial charge in [0.05, 0.1) is 10.7 Å². The predicted molar refractivity (Wildman–Crippen MR) is 93.9 cm³/mol. The van der Waals surface area contributed by atoms with Crippen LogP contribution < -0.4 is 10.6 Å². The van der Waals surface area contributed by atoms with Crippen LogP contribution in [0.25, 0.3) is 0 Å². The van der Waals surface area contributed by atoms with Crippen molar-refractivity contribution < 1.29 is 9.59 Å². The SMILES string of the molecule is CC(C)c1ccccc1NC(=O)CC(=O)Nc1ccccc1Cl. The second-order valence-electron chi connectivity index (χ2n) is 5.49. The van der Waals surface area contributed by atoms with Crippen LogP contribution in [0.15, 0.2) is 48.5 Å². The summed E-state index contributed by atoms with van der Waals surface area (Å²) in [5.74, 6) is -0.483. The average molecular weight is 331 g/mol. The fourth-order valence-corrected chi connectivity index (χ4v) is 2.39. The van der Waals surface area contributed by atoms with Gasteiger partial charge < -0.3 is 10.6 Å². The third-order valence-electron chi connectivity index (χ3n) is 3.33. The Morgan fingerprint density at radius 3 is 2.04 bits per heavy atom. The summed E-state index contributed by atoms with van der Waals surface area (Å²) < 4.78 is 0. The highest BCUT2D eigenvalue weighted by Crippen LogP contribution is 2.24. The third kappa shape index (κ3) is 4.83. The van der Waals surface area contributed by atoms with E-state index in [0.29, 0.717) is 10.7 Å². The first-order chi connectivity index (χ1) is 11.0. The quantitative estimate of drug-likeness (QED) is 0.797. The number of carbonyl (C=O) groups is 2. The Bertz CT molecular complexity index is 714. The number of rotatable bonds is 5. The lowest BCUT2D eigenvalue weighted by Gasteiger charge is -2.13. The first-order valence-electron chi connectivity index (χ1n) is 7.40. The second-order valence-corrected chi connectivity index (χ2v) is 5.90. The number of para-hydroxylation sites is 2. The molecule has 0 radical (unpaired) electrons. The molecule has 4 nitrogen and oxygen atoms in total. The van der Waals surface area contributed by atoms with Gasteiger partial charge in [-0.15, -0.1) is 0 Å². The van der Waals surface area contributed by atoms with Gasteiger partial charge in [0, 0.05) is 5.69 Å². The highest BCUT2D eigenvalue weighted by atomic mass is 35.5. The molecule has 0 saturated carbocycles. The summed E-state index contributed by atoms with van der Waals surface area (Å²) in [6, 6.07) is 14.5. The van der Waals surface area contributed by atoms with Gasteiger partial charge in [-0.1, -0.05) is 55.8 Å². The van der Waals surface area contributed by atoms with E-state index in [2.05, 4.69) is 24.5 Å². The molecule has 0 saturated heterocycles. The summed E-state index contributed by atoms with van der Waals surface area (Å²) in [7, 11) is 0. The summed E-state index contributed by atoms with van der Waals surface area (Å²) >= 11 is 5.97. The molecule has 0 spiro atoms. The van der Waals surface area contributed by atoms with Gasteiger partial charge in [0.15, 0.2) is 0 Å². The first kappa shape index (κ1) is 17.0. The van der Waals surface area contributed by atoms with Crippen molar-refractivity contribution in [1.29, 1.82) is 0 Å². The molecule has 0 fully saturated rings. The molecule has 2 aromatic carbocycles. The molecule has 0 bridgehead atoms. The van der Waals surface area contributed by atoms with Gasteiger partial charge >= 0.3 is 0 Å². The van der Waals surface area contributed by atoms with E-state index in [1.165, 1.54) is 0 Å². The van der Waals surface area contributed by atoms with Crippen molar-refractivity contribution in [3.63, 3.8) is 0 Å². The van der Waals surface area contributed by atoms with E-state index >= 15 is 0 Å². The van der Waals surface area contributed by atoms with E-state index in [4.69, 9.17) is 11.6 Å². The summed E-state index contributed by atoms with van der Waals surface area (Å²) in [4.78, 5) is 24.0. The van der Waals surface area contributed by atoms with Crippen molar-refractivity contribution >= 4 is 34.8 Å². The maximum atomic E-state index is 12.1. The van der Waals surface area contributed by atoms with E-state index < -0.39 is 5.91 Å². The highest BCUT2D eigenvalue weighted by molar-refractivity contribution is 6.33. The maximum absolute atomic E-state index is 12.1. The number of nitrogens with one attached hydrogen (secondary N) is 2.